The topological polar surface area (TPSA) is 85.8 Å². The van der Waals surface area contributed by atoms with Crippen molar-refractivity contribution in [3.8, 4) is 0 Å². The van der Waals surface area contributed by atoms with Gasteiger partial charge in [-0.25, -0.2) is 9.67 Å². The van der Waals surface area contributed by atoms with Crippen LogP contribution in [0.4, 0.5) is 11.6 Å². The minimum atomic E-state index is -0.165. The number of nitrogen functional groups attached to an aromatic ring is 1. The van der Waals surface area contributed by atoms with Crippen LogP contribution in [0.1, 0.15) is 0 Å². The second-order valence-electron chi connectivity index (χ2n) is 3.55. The van der Waals surface area contributed by atoms with E-state index < -0.39 is 0 Å². The molecule has 2 rings (SSSR count). The first-order valence-corrected chi connectivity index (χ1v) is 6.49. The van der Waals surface area contributed by atoms with Crippen molar-refractivity contribution in [1.82, 2.24) is 14.8 Å². The molecule has 94 valence electrons. The van der Waals surface area contributed by atoms with Crippen molar-refractivity contribution in [1.29, 1.82) is 0 Å². The maximum Gasteiger partial charge on any atom is 0.246 e. The number of anilines is 2. The van der Waals surface area contributed by atoms with Crippen LogP contribution in [-0.4, -0.2) is 26.9 Å². The Hall–Kier alpha value is -2.02. The first-order chi connectivity index (χ1) is 8.69. The molecule has 0 atom stereocenters. The first-order valence-electron chi connectivity index (χ1n) is 5.27. The fourth-order valence-electron chi connectivity index (χ4n) is 1.47. The summed E-state index contributed by atoms with van der Waals surface area (Å²) < 4.78 is 1.40. The molecule has 0 aliphatic carbocycles. The van der Waals surface area contributed by atoms with Crippen molar-refractivity contribution in [3.05, 3.63) is 30.6 Å². The number of nitrogens with two attached hydrogens (primary N) is 1. The third kappa shape index (κ3) is 3.01. The zero-order chi connectivity index (χ0) is 13.0. The van der Waals surface area contributed by atoms with E-state index in [2.05, 4.69) is 15.4 Å². The highest BCUT2D eigenvalue weighted by Gasteiger charge is 2.07. The van der Waals surface area contributed by atoms with Gasteiger partial charge in [0, 0.05) is 4.90 Å². The number of nitrogens with zero attached hydrogens (tertiary/aromatic N) is 3. The second kappa shape index (κ2) is 5.54. The number of hydrogen-bond acceptors (Lipinski definition) is 5. The van der Waals surface area contributed by atoms with Gasteiger partial charge < -0.3 is 11.1 Å². The standard InChI is InChI=1S/C11H13N5OS/c1-18-9-5-3-2-4-8(9)14-10(17)6-16-7-13-11(12)15-16/h2-5,7H,6H2,1H3,(H2,12,15)(H,14,17). The fraction of sp³-hybridized carbons (Fsp3) is 0.182. The average Bonchev–Trinajstić information content (AvgIpc) is 2.75. The lowest BCUT2D eigenvalue weighted by Crippen LogP contribution is -2.19. The molecule has 2 aromatic rings. The van der Waals surface area contributed by atoms with E-state index in [4.69, 9.17) is 5.73 Å². The van der Waals surface area contributed by atoms with E-state index in [9.17, 15) is 4.79 Å². The van der Waals surface area contributed by atoms with E-state index in [1.165, 1.54) is 11.0 Å². The molecule has 18 heavy (non-hydrogen) atoms. The van der Waals surface area contributed by atoms with Gasteiger partial charge in [0.15, 0.2) is 0 Å². The number of nitrogens with one attached hydrogen (secondary N) is 1. The molecule has 0 fully saturated rings. The number of thioether (sulfide) groups is 1. The van der Waals surface area contributed by atoms with Gasteiger partial charge in [-0.05, 0) is 18.4 Å². The van der Waals surface area contributed by atoms with E-state index in [0.717, 1.165) is 10.6 Å². The zero-order valence-corrected chi connectivity index (χ0v) is 10.6. The summed E-state index contributed by atoms with van der Waals surface area (Å²) >= 11 is 1.58. The number of benzene rings is 1. The second-order valence-corrected chi connectivity index (χ2v) is 4.40. The highest BCUT2D eigenvalue weighted by Crippen LogP contribution is 2.24. The molecular formula is C11H13N5OS. The lowest BCUT2D eigenvalue weighted by atomic mass is 10.3. The Labute approximate surface area is 109 Å². The lowest BCUT2D eigenvalue weighted by Gasteiger charge is -2.08. The van der Waals surface area contributed by atoms with Gasteiger partial charge in [0.2, 0.25) is 11.9 Å². The van der Waals surface area contributed by atoms with Crippen molar-refractivity contribution in [3.63, 3.8) is 0 Å². The van der Waals surface area contributed by atoms with Crippen LogP contribution in [-0.2, 0) is 11.3 Å². The molecule has 0 saturated heterocycles. The molecule has 1 amide bonds. The van der Waals surface area contributed by atoms with E-state index in [1.54, 1.807) is 11.8 Å². The lowest BCUT2D eigenvalue weighted by molar-refractivity contribution is -0.116. The summed E-state index contributed by atoms with van der Waals surface area (Å²) in [5.41, 5.74) is 6.17. The van der Waals surface area contributed by atoms with Crippen LogP contribution in [0.15, 0.2) is 35.5 Å². The molecule has 0 saturated carbocycles. The van der Waals surface area contributed by atoms with Crippen molar-refractivity contribution in [2.75, 3.05) is 17.3 Å². The highest BCUT2D eigenvalue weighted by molar-refractivity contribution is 7.98. The number of para-hydroxylation sites is 1. The molecule has 1 aromatic carbocycles. The average molecular weight is 263 g/mol. The monoisotopic (exact) mass is 263 g/mol. The number of hydrogen-bond donors (Lipinski definition) is 2. The molecule has 0 aliphatic heterocycles. The summed E-state index contributed by atoms with van der Waals surface area (Å²) in [6.45, 7) is 0.0902. The van der Waals surface area contributed by atoms with Gasteiger partial charge in [-0.1, -0.05) is 12.1 Å². The van der Waals surface area contributed by atoms with Crippen LogP contribution in [0.3, 0.4) is 0 Å². The van der Waals surface area contributed by atoms with Gasteiger partial charge in [0.1, 0.15) is 12.9 Å². The predicted molar refractivity (Wildman–Crippen MR) is 71.3 cm³/mol. The van der Waals surface area contributed by atoms with Crippen molar-refractivity contribution >= 4 is 29.3 Å². The summed E-state index contributed by atoms with van der Waals surface area (Å²) in [5, 5.41) is 6.68. The summed E-state index contributed by atoms with van der Waals surface area (Å²) in [6.07, 6.45) is 3.39. The molecule has 6 nitrogen and oxygen atoms in total. The third-order valence-corrected chi connectivity index (χ3v) is 3.04. The Morgan fingerprint density at radius 3 is 2.94 bits per heavy atom. The fourth-order valence-corrected chi connectivity index (χ4v) is 2.02. The zero-order valence-electron chi connectivity index (χ0n) is 9.83. The smallest absolute Gasteiger partial charge is 0.246 e. The van der Waals surface area contributed by atoms with E-state index >= 15 is 0 Å². The minimum absolute atomic E-state index is 0.0902. The van der Waals surface area contributed by atoms with Crippen LogP contribution in [0.2, 0.25) is 0 Å². The van der Waals surface area contributed by atoms with Gasteiger partial charge in [-0.15, -0.1) is 16.9 Å². The van der Waals surface area contributed by atoms with E-state index in [0.29, 0.717) is 0 Å². The van der Waals surface area contributed by atoms with Gasteiger partial charge >= 0.3 is 0 Å². The molecule has 0 spiro atoms. The molecule has 7 heteroatoms. The SMILES string of the molecule is CSc1ccccc1NC(=O)Cn1cnc(N)n1. The molecular weight excluding hydrogens is 250 g/mol. The Balaban J connectivity index is 2.03. The molecule has 1 aromatic heterocycles. The Morgan fingerprint density at radius 1 is 1.50 bits per heavy atom. The quantitative estimate of drug-likeness (QED) is 0.810. The van der Waals surface area contributed by atoms with E-state index in [1.807, 2.05) is 30.5 Å². The first kappa shape index (κ1) is 12.4. The van der Waals surface area contributed by atoms with Crippen LogP contribution in [0.5, 0.6) is 0 Å². The van der Waals surface area contributed by atoms with Crippen molar-refractivity contribution in [2.45, 2.75) is 11.4 Å². The van der Waals surface area contributed by atoms with E-state index in [-0.39, 0.29) is 18.4 Å². The summed E-state index contributed by atoms with van der Waals surface area (Å²) in [4.78, 5) is 16.6. The molecule has 0 aliphatic rings. The van der Waals surface area contributed by atoms with Crippen molar-refractivity contribution in [2.24, 2.45) is 0 Å². The normalized spacial score (nSPS) is 10.3. The number of carbonyl (C=O) groups is 1. The largest absolute Gasteiger partial charge is 0.367 e. The van der Waals surface area contributed by atoms with Crippen LogP contribution in [0.25, 0.3) is 0 Å². The van der Waals surface area contributed by atoms with Gasteiger partial charge in [0.25, 0.3) is 0 Å². The summed E-state index contributed by atoms with van der Waals surface area (Å²) in [7, 11) is 0. The summed E-state index contributed by atoms with van der Waals surface area (Å²) in [5.74, 6) is -0.00582. The van der Waals surface area contributed by atoms with Gasteiger partial charge in [-0.2, -0.15) is 0 Å². The highest BCUT2D eigenvalue weighted by atomic mass is 32.2. The molecule has 0 radical (unpaired) electrons. The third-order valence-electron chi connectivity index (χ3n) is 2.24. The Morgan fingerprint density at radius 2 is 2.28 bits per heavy atom. The van der Waals surface area contributed by atoms with Gasteiger partial charge in [0.05, 0.1) is 5.69 Å². The number of carbonyl (C=O) groups excluding carboxylic acids is 1. The summed E-state index contributed by atoms with van der Waals surface area (Å²) in [6, 6.07) is 7.62. The maximum atomic E-state index is 11.8. The van der Waals surface area contributed by atoms with Crippen molar-refractivity contribution < 1.29 is 4.79 Å². The maximum absolute atomic E-state index is 11.8. The molecule has 1 heterocycles. The van der Waals surface area contributed by atoms with Crippen LogP contribution in [0, 0.1) is 0 Å². The number of aromatic nitrogens is 3. The Kier molecular flexibility index (Phi) is 3.83. The minimum Gasteiger partial charge on any atom is -0.367 e. The predicted octanol–water partition coefficient (Wildman–Crippen LogP) is 1.22. The molecule has 0 unspecified atom stereocenters. The molecule has 3 N–H and O–H groups in total. The Bertz CT molecular complexity index is 554. The number of rotatable bonds is 4. The number of amides is 1. The molecule has 0 bridgehead atoms. The van der Waals surface area contributed by atoms with Crippen LogP contribution < -0.4 is 11.1 Å². The van der Waals surface area contributed by atoms with Crippen LogP contribution >= 0.6 is 11.8 Å². The van der Waals surface area contributed by atoms with Gasteiger partial charge in [-0.3, -0.25) is 4.79 Å².